The van der Waals surface area contributed by atoms with E-state index in [9.17, 15) is 9.59 Å². The molecule has 0 spiro atoms. The van der Waals surface area contributed by atoms with Crippen LogP contribution in [-0.4, -0.2) is 35.8 Å². The molecule has 0 aliphatic carbocycles. The van der Waals surface area contributed by atoms with Crippen LogP contribution >= 0.6 is 27.7 Å². The third-order valence-electron chi connectivity index (χ3n) is 3.10. The maximum atomic E-state index is 12.3. The highest BCUT2D eigenvalue weighted by atomic mass is 79.9. The quantitative estimate of drug-likeness (QED) is 0.377. The lowest BCUT2D eigenvalue weighted by Gasteiger charge is -2.13. The maximum Gasteiger partial charge on any atom is 0.294 e. The van der Waals surface area contributed by atoms with E-state index in [1.54, 1.807) is 24.3 Å². The number of carbonyl (C=O) groups is 2. The Labute approximate surface area is 159 Å². The van der Waals surface area contributed by atoms with Gasteiger partial charge in [0.1, 0.15) is 6.61 Å². The summed E-state index contributed by atoms with van der Waals surface area (Å²) in [6.45, 7) is 6.24. The first-order valence-electron chi connectivity index (χ1n) is 7.40. The van der Waals surface area contributed by atoms with E-state index in [1.165, 1.54) is 0 Å². The van der Waals surface area contributed by atoms with Crippen LogP contribution in [0.15, 0.2) is 34.2 Å². The minimum atomic E-state index is -0.394. The van der Waals surface area contributed by atoms with Gasteiger partial charge >= 0.3 is 0 Å². The van der Waals surface area contributed by atoms with Gasteiger partial charge in [-0.05, 0) is 58.4 Å². The highest BCUT2D eigenvalue weighted by Crippen LogP contribution is 2.39. The fourth-order valence-corrected chi connectivity index (χ4v) is 3.51. The predicted molar refractivity (Wildman–Crippen MR) is 103 cm³/mol. The maximum absolute atomic E-state index is 12.3. The summed E-state index contributed by atoms with van der Waals surface area (Å²) in [6, 6.07) is 3.54. The third kappa shape index (κ3) is 4.47. The molecule has 1 aliphatic rings. The lowest BCUT2D eigenvalue weighted by Crippen LogP contribution is -2.28. The smallest absolute Gasteiger partial charge is 0.294 e. The van der Waals surface area contributed by atoms with Crippen LogP contribution in [0.1, 0.15) is 12.5 Å². The largest absolute Gasteiger partial charge is 0.490 e. The number of ether oxygens (including phenoxy) is 2. The van der Waals surface area contributed by atoms with Crippen molar-refractivity contribution in [2.75, 3.05) is 19.8 Å². The van der Waals surface area contributed by atoms with E-state index in [0.717, 1.165) is 16.7 Å². The molecular formula is C18H16BrNO4S. The molecule has 0 saturated carbocycles. The minimum absolute atomic E-state index is 0.0375. The van der Waals surface area contributed by atoms with Crippen LogP contribution in [0.4, 0.5) is 4.79 Å². The van der Waals surface area contributed by atoms with Crippen molar-refractivity contribution in [3.8, 4) is 23.8 Å². The zero-order chi connectivity index (χ0) is 18.4. The summed E-state index contributed by atoms with van der Waals surface area (Å²) in [6.07, 6.45) is 8.46. The van der Waals surface area contributed by atoms with Crippen LogP contribution in [0.5, 0.6) is 11.5 Å². The van der Waals surface area contributed by atoms with Gasteiger partial charge in [-0.25, -0.2) is 0 Å². The lowest BCUT2D eigenvalue weighted by molar-refractivity contribution is -0.122. The molecule has 0 radical (unpaired) electrons. The van der Waals surface area contributed by atoms with E-state index in [4.69, 9.17) is 15.9 Å². The predicted octanol–water partition coefficient (Wildman–Crippen LogP) is 4.08. The normalized spacial score (nSPS) is 15.4. The van der Waals surface area contributed by atoms with E-state index >= 15 is 0 Å². The second-order valence-corrected chi connectivity index (χ2v) is 6.68. The summed E-state index contributed by atoms with van der Waals surface area (Å²) in [4.78, 5) is 25.5. The average molecular weight is 422 g/mol. The lowest BCUT2D eigenvalue weighted by atomic mass is 10.2. The van der Waals surface area contributed by atoms with Gasteiger partial charge in [0.25, 0.3) is 11.1 Å². The molecule has 5 nitrogen and oxygen atoms in total. The number of halogens is 1. The van der Waals surface area contributed by atoms with Gasteiger partial charge in [-0.2, -0.15) is 0 Å². The monoisotopic (exact) mass is 421 g/mol. The molecule has 0 unspecified atom stereocenters. The van der Waals surface area contributed by atoms with Crippen molar-refractivity contribution in [3.63, 3.8) is 0 Å². The molecule has 130 valence electrons. The number of terminal acetylenes is 1. The number of benzene rings is 1. The SMILES string of the molecule is C#CCN1C(=O)S/C(=C/c2cc(Br)c(OCC=C)c(OCC)c2)C1=O. The van der Waals surface area contributed by atoms with Crippen LogP contribution in [-0.2, 0) is 4.79 Å². The topological polar surface area (TPSA) is 55.8 Å². The number of carbonyl (C=O) groups excluding carboxylic acids is 2. The fraction of sp³-hybridized carbons (Fsp3) is 0.222. The van der Waals surface area contributed by atoms with Crippen molar-refractivity contribution < 1.29 is 19.1 Å². The summed E-state index contributed by atoms with van der Waals surface area (Å²) in [5.74, 6) is 3.00. The van der Waals surface area contributed by atoms with Crippen LogP contribution < -0.4 is 9.47 Å². The van der Waals surface area contributed by atoms with Crippen LogP contribution in [0.3, 0.4) is 0 Å². The first-order chi connectivity index (χ1) is 12.0. The number of amides is 2. The Morgan fingerprint density at radius 1 is 1.40 bits per heavy atom. The number of imide groups is 1. The molecule has 0 aromatic heterocycles. The van der Waals surface area contributed by atoms with Crippen molar-refractivity contribution in [2.24, 2.45) is 0 Å². The van der Waals surface area contributed by atoms with Gasteiger partial charge in [0, 0.05) is 0 Å². The molecule has 7 heteroatoms. The van der Waals surface area contributed by atoms with Crippen molar-refractivity contribution >= 4 is 44.9 Å². The van der Waals surface area contributed by atoms with E-state index in [-0.39, 0.29) is 11.8 Å². The zero-order valence-corrected chi connectivity index (χ0v) is 16.0. The van der Waals surface area contributed by atoms with E-state index in [0.29, 0.717) is 39.7 Å². The Kier molecular flexibility index (Phi) is 6.73. The summed E-state index contributed by atoms with van der Waals surface area (Å²) in [5, 5.41) is -0.371. The Hall–Kier alpha value is -2.17. The molecular weight excluding hydrogens is 406 g/mol. The Morgan fingerprint density at radius 2 is 2.16 bits per heavy atom. The summed E-state index contributed by atoms with van der Waals surface area (Å²) >= 11 is 4.31. The molecule has 25 heavy (non-hydrogen) atoms. The molecule has 0 bridgehead atoms. The highest BCUT2D eigenvalue weighted by Gasteiger charge is 2.34. The molecule has 2 rings (SSSR count). The van der Waals surface area contributed by atoms with Crippen molar-refractivity contribution in [1.82, 2.24) is 4.90 Å². The fourth-order valence-electron chi connectivity index (χ4n) is 2.10. The van der Waals surface area contributed by atoms with Crippen LogP contribution in [0.25, 0.3) is 6.08 Å². The van der Waals surface area contributed by atoms with Gasteiger partial charge in [-0.3, -0.25) is 14.5 Å². The molecule has 1 heterocycles. The summed E-state index contributed by atoms with van der Waals surface area (Å²) in [7, 11) is 0. The summed E-state index contributed by atoms with van der Waals surface area (Å²) in [5.41, 5.74) is 0.701. The number of rotatable bonds is 7. The van der Waals surface area contributed by atoms with Gasteiger partial charge in [0.05, 0.1) is 22.5 Å². The molecule has 0 atom stereocenters. The molecule has 1 fully saturated rings. The second kappa shape index (κ2) is 8.79. The highest BCUT2D eigenvalue weighted by molar-refractivity contribution is 9.10. The number of thioether (sulfide) groups is 1. The minimum Gasteiger partial charge on any atom is -0.490 e. The molecule has 0 N–H and O–H groups in total. The number of nitrogens with zero attached hydrogens (tertiary/aromatic N) is 1. The average Bonchev–Trinajstić information content (AvgIpc) is 2.82. The Balaban J connectivity index is 2.37. The van der Waals surface area contributed by atoms with Gasteiger partial charge in [-0.15, -0.1) is 6.42 Å². The van der Waals surface area contributed by atoms with Crippen molar-refractivity contribution in [1.29, 1.82) is 0 Å². The molecule has 1 aromatic carbocycles. The van der Waals surface area contributed by atoms with Gasteiger partial charge in [0.2, 0.25) is 0 Å². The van der Waals surface area contributed by atoms with Gasteiger partial charge in [-0.1, -0.05) is 18.6 Å². The first kappa shape index (κ1) is 19.2. The molecule has 2 amide bonds. The molecule has 1 saturated heterocycles. The van der Waals surface area contributed by atoms with Crippen LogP contribution in [0.2, 0.25) is 0 Å². The van der Waals surface area contributed by atoms with E-state index in [2.05, 4.69) is 28.4 Å². The number of hydrogen-bond donors (Lipinski definition) is 0. The van der Waals surface area contributed by atoms with Gasteiger partial charge in [0.15, 0.2) is 11.5 Å². The van der Waals surface area contributed by atoms with Crippen molar-refractivity contribution in [2.45, 2.75) is 6.92 Å². The second-order valence-electron chi connectivity index (χ2n) is 4.83. The molecule has 1 aromatic rings. The van der Waals surface area contributed by atoms with E-state index in [1.807, 2.05) is 6.92 Å². The van der Waals surface area contributed by atoms with E-state index < -0.39 is 5.91 Å². The Bertz CT molecular complexity index is 782. The number of hydrogen-bond acceptors (Lipinski definition) is 5. The summed E-state index contributed by atoms with van der Waals surface area (Å²) < 4.78 is 11.9. The first-order valence-corrected chi connectivity index (χ1v) is 9.01. The van der Waals surface area contributed by atoms with Gasteiger partial charge < -0.3 is 9.47 Å². The van der Waals surface area contributed by atoms with Crippen molar-refractivity contribution in [3.05, 3.63) is 39.7 Å². The standard InChI is InChI=1S/C18H16BrNO4S/c1-4-7-20-17(21)15(25-18(20)22)11-12-9-13(19)16(24-8-5-2)14(10-12)23-6-3/h1,5,9-11H,2,6-8H2,3H3/b15-11+. The zero-order valence-electron chi connectivity index (χ0n) is 13.6. The third-order valence-corrected chi connectivity index (χ3v) is 4.59. The van der Waals surface area contributed by atoms with Crippen LogP contribution in [0, 0.1) is 12.3 Å². The Morgan fingerprint density at radius 3 is 2.80 bits per heavy atom. The molecule has 1 aliphatic heterocycles.